The number of nitrogens with two attached hydrogens (primary N) is 1. The number of amides is 1. The highest BCUT2D eigenvalue weighted by Gasteiger charge is 2.38. The van der Waals surface area contributed by atoms with Crippen LogP contribution in [0, 0.1) is 0 Å². The first-order valence-electron chi connectivity index (χ1n) is 5.32. The van der Waals surface area contributed by atoms with Gasteiger partial charge in [0.15, 0.2) is 0 Å². The number of hydrogen-bond donors (Lipinski definition) is 1. The van der Waals surface area contributed by atoms with Crippen LogP contribution < -0.4 is 10.0 Å². The first-order valence-corrected chi connectivity index (χ1v) is 7.81. The zero-order chi connectivity index (χ0) is 14.2. The molecule has 19 heavy (non-hydrogen) atoms. The molecule has 0 radical (unpaired) electrons. The number of primary sulfonamides is 1. The van der Waals surface area contributed by atoms with Crippen molar-refractivity contribution in [3.8, 4) is 0 Å². The van der Waals surface area contributed by atoms with Gasteiger partial charge in [0.2, 0.25) is 15.9 Å². The van der Waals surface area contributed by atoms with Crippen LogP contribution in [0.1, 0.15) is 16.1 Å². The molecule has 104 valence electrons. The van der Waals surface area contributed by atoms with Crippen LogP contribution in [-0.2, 0) is 19.6 Å². The first kappa shape index (κ1) is 14.0. The van der Waals surface area contributed by atoms with Gasteiger partial charge in [-0.05, 0) is 11.4 Å². The largest absolute Gasteiger partial charge is 0.465 e. The molecule has 1 aliphatic rings. The Bertz CT molecular complexity index is 622. The summed E-state index contributed by atoms with van der Waals surface area (Å²) in [4.78, 5) is 24.9. The molecule has 2 rings (SSSR count). The second-order valence-corrected chi connectivity index (χ2v) is 6.81. The Balaban J connectivity index is 2.32. The summed E-state index contributed by atoms with van der Waals surface area (Å²) < 4.78 is 27.2. The number of thiophene rings is 1. The van der Waals surface area contributed by atoms with E-state index >= 15 is 0 Å². The predicted octanol–water partition coefficient (Wildman–Crippen LogP) is -0.0715. The fraction of sp³-hybridized carbons (Fsp3) is 0.400. The van der Waals surface area contributed by atoms with Crippen LogP contribution in [-0.4, -0.2) is 39.2 Å². The highest BCUT2D eigenvalue weighted by Crippen LogP contribution is 2.31. The Hall–Kier alpha value is -1.45. The molecule has 0 aliphatic carbocycles. The van der Waals surface area contributed by atoms with E-state index in [0.29, 0.717) is 5.69 Å². The average Bonchev–Trinajstić information content (AvgIpc) is 2.92. The number of sulfonamides is 1. The fourth-order valence-electron chi connectivity index (χ4n) is 1.89. The van der Waals surface area contributed by atoms with E-state index in [2.05, 4.69) is 4.74 Å². The number of rotatable bonds is 3. The van der Waals surface area contributed by atoms with Crippen LogP contribution in [0.3, 0.4) is 0 Å². The topological polar surface area (TPSA) is 107 Å². The molecular formula is C10H12N2O5S2. The smallest absolute Gasteiger partial charge is 0.350 e. The van der Waals surface area contributed by atoms with E-state index in [0.717, 1.165) is 11.3 Å². The van der Waals surface area contributed by atoms with Gasteiger partial charge in [-0.15, -0.1) is 11.3 Å². The van der Waals surface area contributed by atoms with Gasteiger partial charge in [0.25, 0.3) is 0 Å². The van der Waals surface area contributed by atoms with Crippen LogP contribution in [0.2, 0.25) is 0 Å². The third-order valence-corrected chi connectivity index (χ3v) is 4.99. The van der Waals surface area contributed by atoms with E-state index < -0.39 is 21.2 Å². The standard InChI is InChI=1S/C10H12N2O5S2/c1-17-10(14)9-7(2-3-18-9)12-5-6(4-8(12)13)19(11,15)16/h2-3,6H,4-5H2,1H3,(H2,11,15,16). The monoisotopic (exact) mass is 304 g/mol. The molecule has 0 spiro atoms. The van der Waals surface area contributed by atoms with Crippen LogP contribution >= 0.6 is 11.3 Å². The van der Waals surface area contributed by atoms with Gasteiger partial charge in [-0.2, -0.15) is 0 Å². The molecule has 1 saturated heterocycles. The lowest BCUT2D eigenvalue weighted by atomic mass is 10.3. The molecule has 1 unspecified atom stereocenters. The number of nitrogens with zero attached hydrogens (tertiary/aromatic N) is 1. The van der Waals surface area contributed by atoms with Crippen molar-refractivity contribution in [2.45, 2.75) is 11.7 Å². The van der Waals surface area contributed by atoms with Gasteiger partial charge < -0.3 is 9.64 Å². The molecule has 1 amide bonds. The SMILES string of the molecule is COC(=O)c1sccc1N1CC(S(N)(=O)=O)CC1=O. The summed E-state index contributed by atoms with van der Waals surface area (Å²) in [6.07, 6.45) is -0.171. The molecule has 9 heteroatoms. The first-order chi connectivity index (χ1) is 8.84. The summed E-state index contributed by atoms with van der Waals surface area (Å²) in [6, 6.07) is 1.58. The molecule has 1 atom stereocenters. The maximum Gasteiger partial charge on any atom is 0.350 e. The molecule has 1 aromatic heterocycles. The van der Waals surface area contributed by atoms with E-state index in [-0.39, 0.29) is 23.7 Å². The van der Waals surface area contributed by atoms with E-state index in [1.54, 1.807) is 11.4 Å². The summed E-state index contributed by atoms with van der Waals surface area (Å²) in [7, 11) is -2.53. The minimum atomic E-state index is -3.77. The lowest BCUT2D eigenvalue weighted by Gasteiger charge is -2.16. The van der Waals surface area contributed by atoms with Crippen LogP contribution in [0.25, 0.3) is 0 Å². The van der Waals surface area contributed by atoms with Crippen molar-refractivity contribution in [3.05, 3.63) is 16.3 Å². The second kappa shape index (κ2) is 4.91. The molecule has 7 nitrogen and oxygen atoms in total. The summed E-state index contributed by atoms with van der Waals surface area (Å²) in [6.45, 7) is -0.0433. The number of anilines is 1. The van der Waals surface area contributed by atoms with Crippen molar-refractivity contribution in [2.75, 3.05) is 18.6 Å². The van der Waals surface area contributed by atoms with Gasteiger partial charge >= 0.3 is 5.97 Å². The van der Waals surface area contributed by atoms with Gasteiger partial charge in [-0.25, -0.2) is 18.4 Å². The van der Waals surface area contributed by atoms with Crippen molar-refractivity contribution < 1.29 is 22.7 Å². The third kappa shape index (κ3) is 2.62. The molecule has 0 bridgehead atoms. The Morgan fingerprint density at radius 1 is 1.58 bits per heavy atom. The number of ether oxygens (including phenoxy) is 1. The lowest BCUT2D eigenvalue weighted by Crippen LogP contribution is -2.32. The van der Waals surface area contributed by atoms with Gasteiger partial charge in [0.1, 0.15) is 10.1 Å². The third-order valence-electron chi connectivity index (χ3n) is 2.86. The normalized spacial score (nSPS) is 19.8. The summed E-state index contributed by atoms with van der Waals surface area (Å²) in [5.41, 5.74) is 0.369. The number of esters is 1. The van der Waals surface area contributed by atoms with Crippen molar-refractivity contribution in [2.24, 2.45) is 5.14 Å². The number of hydrogen-bond acceptors (Lipinski definition) is 6. The molecule has 2 N–H and O–H groups in total. The highest BCUT2D eigenvalue weighted by atomic mass is 32.2. The van der Waals surface area contributed by atoms with Crippen molar-refractivity contribution in [3.63, 3.8) is 0 Å². The van der Waals surface area contributed by atoms with Gasteiger partial charge in [0.05, 0.1) is 12.8 Å². The molecule has 2 heterocycles. The lowest BCUT2D eigenvalue weighted by molar-refractivity contribution is -0.117. The Morgan fingerprint density at radius 3 is 2.79 bits per heavy atom. The van der Waals surface area contributed by atoms with Gasteiger partial charge in [-0.1, -0.05) is 0 Å². The van der Waals surface area contributed by atoms with Crippen molar-refractivity contribution >= 4 is 38.9 Å². The molecule has 1 aromatic rings. The Kier molecular flexibility index (Phi) is 3.61. The summed E-state index contributed by atoms with van der Waals surface area (Å²) >= 11 is 1.13. The minimum Gasteiger partial charge on any atom is -0.465 e. The molecular weight excluding hydrogens is 292 g/mol. The maximum absolute atomic E-state index is 11.9. The van der Waals surface area contributed by atoms with Gasteiger partial charge in [0, 0.05) is 13.0 Å². The minimum absolute atomic E-state index is 0.0433. The number of carbonyl (C=O) groups is 2. The van der Waals surface area contributed by atoms with Gasteiger partial charge in [-0.3, -0.25) is 4.79 Å². The maximum atomic E-state index is 11.9. The zero-order valence-corrected chi connectivity index (χ0v) is 11.7. The zero-order valence-electron chi connectivity index (χ0n) is 10.0. The molecule has 0 saturated carbocycles. The fourth-order valence-corrected chi connectivity index (χ4v) is 3.43. The van der Waals surface area contributed by atoms with Crippen molar-refractivity contribution in [1.29, 1.82) is 0 Å². The molecule has 1 aliphatic heterocycles. The number of carbonyl (C=O) groups excluding carboxylic acids is 2. The van der Waals surface area contributed by atoms with Crippen LogP contribution in [0.5, 0.6) is 0 Å². The quantitative estimate of drug-likeness (QED) is 0.787. The van der Waals surface area contributed by atoms with Crippen LogP contribution in [0.4, 0.5) is 5.69 Å². The predicted molar refractivity (Wildman–Crippen MR) is 69.5 cm³/mol. The summed E-state index contributed by atoms with van der Waals surface area (Å²) in [5, 5.41) is 5.75. The summed E-state index contributed by atoms with van der Waals surface area (Å²) in [5.74, 6) is -0.931. The average molecular weight is 304 g/mol. The Labute approximate surface area is 114 Å². The second-order valence-electron chi connectivity index (χ2n) is 4.05. The Morgan fingerprint density at radius 2 is 2.26 bits per heavy atom. The number of methoxy groups -OCH3 is 1. The highest BCUT2D eigenvalue weighted by molar-refractivity contribution is 7.89. The van der Waals surface area contributed by atoms with E-state index in [1.165, 1.54) is 12.0 Å². The van der Waals surface area contributed by atoms with E-state index in [4.69, 9.17) is 5.14 Å². The molecule has 1 fully saturated rings. The van der Waals surface area contributed by atoms with Crippen molar-refractivity contribution in [1.82, 2.24) is 0 Å². The van der Waals surface area contributed by atoms with E-state index in [1.807, 2.05) is 0 Å². The van der Waals surface area contributed by atoms with Crippen LogP contribution in [0.15, 0.2) is 11.4 Å². The molecule has 0 aromatic carbocycles. The van der Waals surface area contributed by atoms with E-state index in [9.17, 15) is 18.0 Å².